The molecular weight excluding hydrogens is 476 g/mol. The van der Waals surface area contributed by atoms with Crippen LogP contribution in [-0.2, 0) is 9.53 Å². The lowest BCUT2D eigenvalue weighted by atomic mass is 9.94. The first-order valence-electron chi connectivity index (χ1n) is 12.4. The second kappa shape index (κ2) is 10.7. The van der Waals surface area contributed by atoms with E-state index in [1.165, 1.54) is 12.0 Å². The van der Waals surface area contributed by atoms with Crippen molar-refractivity contribution in [3.05, 3.63) is 71.2 Å². The van der Waals surface area contributed by atoms with Crippen LogP contribution in [0.15, 0.2) is 64.3 Å². The molecule has 9 nitrogen and oxygen atoms in total. The standard InChI is InChI=1S/C28H30N2O7/c1-3-36-21-9-8-19(17-22(21)34-2)25-24(26(31)23-16-18-6-4-5-7-20(18)37-23)27(32)28(33)30(25)11-10-29-12-14-35-15-13-29/h4-9,16-17,25,32H,3,10-15H2,1-2H3. The molecule has 3 aromatic rings. The van der Waals surface area contributed by atoms with E-state index >= 15 is 0 Å². The van der Waals surface area contributed by atoms with Gasteiger partial charge in [-0.15, -0.1) is 0 Å². The Hall–Kier alpha value is -3.82. The molecule has 0 bridgehead atoms. The van der Waals surface area contributed by atoms with E-state index in [0.717, 1.165) is 18.5 Å². The smallest absolute Gasteiger partial charge is 0.290 e. The van der Waals surface area contributed by atoms with Crippen molar-refractivity contribution in [2.75, 3.05) is 53.1 Å². The Morgan fingerprint density at radius 3 is 2.59 bits per heavy atom. The number of methoxy groups -OCH3 is 1. The highest BCUT2D eigenvalue weighted by Gasteiger charge is 2.44. The fourth-order valence-corrected chi connectivity index (χ4v) is 4.89. The van der Waals surface area contributed by atoms with Gasteiger partial charge in [-0.05, 0) is 36.8 Å². The van der Waals surface area contributed by atoms with Gasteiger partial charge in [-0.25, -0.2) is 0 Å². The molecule has 2 aromatic carbocycles. The first-order valence-corrected chi connectivity index (χ1v) is 12.4. The Labute approximate surface area is 214 Å². The average molecular weight is 507 g/mol. The third-order valence-corrected chi connectivity index (χ3v) is 6.76. The molecule has 5 rings (SSSR count). The SMILES string of the molecule is CCOc1ccc(C2C(C(=O)c3cc4ccccc4o3)=C(O)C(=O)N2CCN2CCOCC2)cc1OC. The van der Waals surface area contributed by atoms with Crippen molar-refractivity contribution in [2.24, 2.45) is 0 Å². The summed E-state index contributed by atoms with van der Waals surface area (Å²) in [6.45, 7) is 6.02. The van der Waals surface area contributed by atoms with Gasteiger partial charge in [0.15, 0.2) is 23.0 Å². The Morgan fingerprint density at radius 1 is 1.08 bits per heavy atom. The second-order valence-corrected chi connectivity index (χ2v) is 8.94. The first-order chi connectivity index (χ1) is 18.0. The molecule has 2 aliphatic rings. The number of aliphatic hydroxyl groups is 1. The van der Waals surface area contributed by atoms with Gasteiger partial charge in [0.05, 0.1) is 38.5 Å². The van der Waals surface area contributed by atoms with Crippen molar-refractivity contribution < 1.29 is 33.3 Å². The van der Waals surface area contributed by atoms with Crippen molar-refractivity contribution >= 4 is 22.7 Å². The van der Waals surface area contributed by atoms with E-state index in [-0.39, 0.29) is 11.3 Å². The van der Waals surface area contributed by atoms with E-state index < -0.39 is 23.5 Å². The Bertz CT molecular complexity index is 1310. The number of carbonyl (C=O) groups is 2. The van der Waals surface area contributed by atoms with Gasteiger partial charge >= 0.3 is 0 Å². The maximum Gasteiger partial charge on any atom is 0.290 e. The lowest BCUT2D eigenvalue weighted by Crippen LogP contribution is -2.43. The molecule has 0 aliphatic carbocycles. The topological polar surface area (TPSA) is 102 Å². The third kappa shape index (κ3) is 4.80. The molecule has 0 saturated carbocycles. The molecule has 194 valence electrons. The summed E-state index contributed by atoms with van der Waals surface area (Å²) in [6.07, 6.45) is 0. The van der Waals surface area contributed by atoms with Crippen LogP contribution >= 0.6 is 0 Å². The van der Waals surface area contributed by atoms with Crippen molar-refractivity contribution in [1.82, 2.24) is 9.80 Å². The van der Waals surface area contributed by atoms with E-state index in [9.17, 15) is 14.7 Å². The van der Waals surface area contributed by atoms with Gasteiger partial charge in [0.25, 0.3) is 5.91 Å². The number of amides is 1. The van der Waals surface area contributed by atoms with Crippen LogP contribution in [0.2, 0.25) is 0 Å². The predicted octanol–water partition coefficient (Wildman–Crippen LogP) is 3.75. The average Bonchev–Trinajstić information content (AvgIpc) is 3.47. The van der Waals surface area contributed by atoms with E-state index in [1.807, 2.05) is 25.1 Å². The number of nitrogens with zero attached hydrogens (tertiary/aromatic N) is 2. The number of hydrogen-bond donors (Lipinski definition) is 1. The number of ether oxygens (including phenoxy) is 3. The van der Waals surface area contributed by atoms with E-state index in [0.29, 0.717) is 55.6 Å². The summed E-state index contributed by atoms with van der Waals surface area (Å²) in [4.78, 5) is 30.8. The lowest BCUT2D eigenvalue weighted by Gasteiger charge is -2.31. The largest absolute Gasteiger partial charge is 0.503 e. The van der Waals surface area contributed by atoms with Crippen LogP contribution in [0.1, 0.15) is 29.1 Å². The minimum atomic E-state index is -0.821. The summed E-state index contributed by atoms with van der Waals surface area (Å²) < 4.78 is 22.4. The molecule has 1 amide bonds. The van der Waals surface area contributed by atoms with Crippen LogP contribution in [0.4, 0.5) is 0 Å². The van der Waals surface area contributed by atoms with Gasteiger partial charge < -0.3 is 28.6 Å². The number of benzene rings is 2. The number of aliphatic hydroxyl groups excluding tert-OH is 1. The van der Waals surface area contributed by atoms with Crippen molar-refractivity contribution in [2.45, 2.75) is 13.0 Å². The van der Waals surface area contributed by atoms with Gasteiger partial charge in [0.1, 0.15) is 5.58 Å². The molecule has 3 heterocycles. The third-order valence-electron chi connectivity index (χ3n) is 6.76. The van der Waals surface area contributed by atoms with Gasteiger partial charge in [0.2, 0.25) is 5.78 Å². The normalized spacial score (nSPS) is 18.6. The number of para-hydroxylation sites is 1. The Balaban J connectivity index is 1.53. The summed E-state index contributed by atoms with van der Waals surface area (Å²) in [5.74, 6) is -0.601. The van der Waals surface area contributed by atoms with Gasteiger partial charge in [-0.2, -0.15) is 0 Å². The summed E-state index contributed by atoms with van der Waals surface area (Å²) in [6, 6.07) is 13.4. The highest BCUT2D eigenvalue weighted by molar-refractivity contribution is 6.16. The molecule has 1 fully saturated rings. The molecule has 1 unspecified atom stereocenters. The zero-order valence-corrected chi connectivity index (χ0v) is 20.9. The van der Waals surface area contributed by atoms with Crippen LogP contribution in [0, 0.1) is 0 Å². The lowest BCUT2D eigenvalue weighted by molar-refractivity contribution is -0.129. The summed E-state index contributed by atoms with van der Waals surface area (Å²) in [5, 5.41) is 11.8. The Morgan fingerprint density at radius 2 is 1.86 bits per heavy atom. The zero-order chi connectivity index (χ0) is 25.9. The van der Waals surface area contributed by atoms with Gasteiger partial charge in [-0.1, -0.05) is 24.3 Å². The summed E-state index contributed by atoms with van der Waals surface area (Å²) >= 11 is 0. The molecule has 1 N–H and O–H groups in total. The number of rotatable bonds is 9. The minimum absolute atomic E-state index is 0.0164. The maximum atomic E-state index is 13.8. The molecule has 2 aliphatic heterocycles. The highest BCUT2D eigenvalue weighted by Crippen LogP contribution is 2.42. The molecule has 0 radical (unpaired) electrons. The van der Waals surface area contributed by atoms with Gasteiger partial charge in [-0.3, -0.25) is 14.5 Å². The first kappa shape index (κ1) is 24.9. The highest BCUT2D eigenvalue weighted by atomic mass is 16.5. The number of hydrogen-bond acceptors (Lipinski definition) is 8. The molecule has 1 saturated heterocycles. The van der Waals surface area contributed by atoms with Crippen molar-refractivity contribution in [3.63, 3.8) is 0 Å². The Kier molecular flexibility index (Phi) is 7.16. The summed E-state index contributed by atoms with van der Waals surface area (Å²) in [5.41, 5.74) is 1.16. The number of furan rings is 1. The fourth-order valence-electron chi connectivity index (χ4n) is 4.89. The molecule has 37 heavy (non-hydrogen) atoms. The predicted molar refractivity (Wildman–Crippen MR) is 136 cm³/mol. The molecule has 9 heteroatoms. The number of carbonyl (C=O) groups excluding carboxylic acids is 2. The molecule has 1 atom stereocenters. The quantitative estimate of drug-likeness (QED) is 0.438. The molecular formula is C28H30N2O7. The monoisotopic (exact) mass is 506 g/mol. The van der Waals surface area contributed by atoms with Gasteiger partial charge in [0, 0.05) is 31.6 Å². The van der Waals surface area contributed by atoms with Crippen LogP contribution in [0.5, 0.6) is 11.5 Å². The maximum absolute atomic E-state index is 13.8. The molecule has 1 aromatic heterocycles. The molecule has 0 spiro atoms. The van der Waals surface area contributed by atoms with Crippen molar-refractivity contribution in [3.8, 4) is 11.5 Å². The minimum Gasteiger partial charge on any atom is -0.503 e. The van der Waals surface area contributed by atoms with Crippen LogP contribution < -0.4 is 9.47 Å². The zero-order valence-electron chi connectivity index (χ0n) is 20.9. The number of fused-ring (bicyclic) bond motifs is 1. The van der Waals surface area contributed by atoms with Crippen LogP contribution in [0.25, 0.3) is 11.0 Å². The van der Waals surface area contributed by atoms with E-state index in [1.54, 1.807) is 30.3 Å². The van der Waals surface area contributed by atoms with Crippen LogP contribution in [-0.4, -0.2) is 79.7 Å². The fraction of sp³-hybridized carbons (Fsp3) is 0.357. The number of ketones is 1. The van der Waals surface area contributed by atoms with E-state index in [4.69, 9.17) is 18.6 Å². The second-order valence-electron chi connectivity index (χ2n) is 8.94. The van der Waals surface area contributed by atoms with Crippen molar-refractivity contribution in [1.29, 1.82) is 0 Å². The number of morpholine rings is 1. The van der Waals surface area contributed by atoms with Crippen LogP contribution in [0.3, 0.4) is 0 Å². The van der Waals surface area contributed by atoms with E-state index in [2.05, 4.69) is 4.90 Å². The number of Topliss-reactive ketones (excluding diaryl/α,β-unsaturated/α-hetero) is 1. The summed E-state index contributed by atoms with van der Waals surface area (Å²) in [7, 11) is 1.53.